The fourth-order valence-corrected chi connectivity index (χ4v) is 3.79. The maximum Gasteiger partial charge on any atom is 0.244 e. The monoisotopic (exact) mass is 306 g/mol. The van der Waals surface area contributed by atoms with E-state index in [1.165, 1.54) is 22.0 Å². The smallest absolute Gasteiger partial charge is 0.244 e. The van der Waals surface area contributed by atoms with E-state index in [0.29, 0.717) is 5.69 Å². The van der Waals surface area contributed by atoms with Gasteiger partial charge in [-0.05, 0) is 23.6 Å². The van der Waals surface area contributed by atoms with Gasteiger partial charge in [-0.25, -0.2) is 13.1 Å². The number of rotatable bonds is 4. The standard InChI is InChI=1S/C14H18N4O2S/c1-10-14(9-18(2)17-10)21(19,20)16-6-11-3-4-12-7-15-8-13(12)5-11/h3-5,9,15-16H,6-8H2,1-2H3. The highest BCUT2D eigenvalue weighted by atomic mass is 32.2. The summed E-state index contributed by atoms with van der Waals surface area (Å²) in [5, 5.41) is 7.34. The molecular weight excluding hydrogens is 288 g/mol. The maximum absolute atomic E-state index is 12.3. The summed E-state index contributed by atoms with van der Waals surface area (Å²) >= 11 is 0. The molecule has 1 aliphatic heterocycles. The van der Waals surface area contributed by atoms with Crippen molar-refractivity contribution in [1.29, 1.82) is 0 Å². The van der Waals surface area contributed by atoms with Crippen LogP contribution in [-0.2, 0) is 36.7 Å². The van der Waals surface area contributed by atoms with Crippen LogP contribution in [0.2, 0.25) is 0 Å². The summed E-state index contributed by atoms with van der Waals surface area (Å²) in [5.41, 5.74) is 3.99. The van der Waals surface area contributed by atoms with Gasteiger partial charge in [0.25, 0.3) is 0 Å². The molecule has 0 saturated carbocycles. The Morgan fingerprint density at radius 2 is 2.10 bits per heavy atom. The van der Waals surface area contributed by atoms with Crippen molar-refractivity contribution in [3.8, 4) is 0 Å². The lowest BCUT2D eigenvalue weighted by molar-refractivity contribution is 0.580. The molecule has 0 saturated heterocycles. The first-order valence-corrected chi connectivity index (χ1v) is 8.25. The first-order valence-electron chi connectivity index (χ1n) is 6.77. The van der Waals surface area contributed by atoms with E-state index in [1.54, 1.807) is 14.0 Å². The van der Waals surface area contributed by atoms with Gasteiger partial charge in [0.15, 0.2) is 0 Å². The number of benzene rings is 1. The number of aryl methyl sites for hydroxylation is 2. The summed E-state index contributed by atoms with van der Waals surface area (Å²) in [6, 6.07) is 6.06. The van der Waals surface area contributed by atoms with Crippen LogP contribution in [0.25, 0.3) is 0 Å². The number of nitrogens with one attached hydrogen (secondary N) is 2. The molecule has 2 N–H and O–H groups in total. The Bertz CT molecular complexity index is 780. The summed E-state index contributed by atoms with van der Waals surface area (Å²) in [6.07, 6.45) is 1.52. The molecule has 2 heterocycles. The van der Waals surface area contributed by atoms with Gasteiger partial charge in [0.1, 0.15) is 4.90 Å². The van der Waals surface area contributed by atoms with Crippen molar-refractivity contribution in [1.82, 2.24) is 19.8 Å². The van der Waals surface area contributed by atoms with Crippen molar-refractivity contribution >= 4 is 10.0 Å². The second kappa shape index (κ2) is 5.25. The van der Waals surface area contributed by atoms with Gasteiger partial charge >= 0.3 is 0 Å². The largest absolute Gasteiger partial charge is 0.309 e. The molecule has 0 bridgehead atoms. The molecule has 6 nitrogen and oxygen atoms in total. The van der Waals surface area contributed by atoms with Crippen LogP contribution in [0.1, 0.15) is 22.4 Å². The topological polar surface area (TPSA) is 76.0 Å². The molecule has 0 unspecified atom stereocenters. The molecule has 3 rings (SSSR count). The highest BCUT2D eigenvalue weighted by Gasteiger charge is 2.19. The van der Waals surface area contributed by atoms with Gasteiger partial charge < -0.3 is 5.32 Å². The fraction of sp³-hybridized carbons (Fsp3) is 0.357. The molecule has 112 valence electrons. The molecule has 1 aliphatic rings. The minimum atomic E-state index is -3.53. The highest BCUT2D eigenvalue weighted by Crippen LogP contribution is 2.18. The van der Waals surface area contributed by atoms with E-state index in [4.69, 9.17) is 0 Å². The molecule has 7 heteroatoms. The fourth-order valence-electron chi connectivity index (χ4n) is 2.56. The third-order valence-corrected chi connectivity index (χ3v) is 5.13. The zero-order chi connectivity index (χ0) is 15.0. The SMILES string of the molecule is Cc1nn(C)cc1S(=O)(=O)NCc1ccc2c(c1)CNC2. The number of hydrogen-bond acceptors (Lipinski definition) is 4. The van der Waals surface area contributed by atoms with E-state index >= 15 is 0 Å². The zero-order valence-corrected chi connectivity index (χ0v) is 12.9. The third-order valence-electron chi connectivity index (χ3n) is 3.63. The van der Waals surface area contributed by atoms with Crippen molar-refractivity contribution in [3.05, 3.63) is 46.8 Å². The predicted octanol–water partition coefficient (Wildman–Crippen LogP) is 0.810. The van der Waals surface area contributed by atoms with Gasteiger partial charge in [0.05, 0.1) is 5.69 Å². The molecular formula is C14H18N4O2S. The van der Waals surface area contributed by atoms with Gasteiger partial charge in [0.2, 0.25) is 10.0 Å². The van der Waals surface area contributed by atoms with Crippen molar-refractivity contribution in [3.63, 3.8) is 0 Å². The van der Waals surface area contributed by atoms with Crippen LogP contribution in [0.5, 0.6) is 0 Å². The van der Waals surface area contributed by atoms with Crippen LogP contribution >= 0.6 is 0 Å². The van der Waals surface area contributed by atoms with Crippen molar-refractivity contribution in [2.75, 3.05) is 0 Å². The quantitative estimate of drug-likeness (QED) is 0.876. The third kappa shape index (κ3) is 2.85. The Labute approximate surface area is 124 Å². The molecule has 1 aromatic heterocycles. The predicted molar refractivity (Wildman–Crippen MR) is 79.0 cm³/mol. The van der Waals surface area contributed by atoms with E-state index in [1.807, 2.05) is 18.2 Å². The summed E-state index contributed by atoms with van der Waals surface area (Å²) in [5.74, 6) is 0. The van der Waals surface area contributed by atoms with Crippen LogP contribution < -0.4 is 10.0 Å². The maximum atomic E-state index is 12.3. The van der Waals surface area contributed by atoms with Gasteiger partial charge in [0, 0.05) is 32.9 Å². The van der Waals surface area contributed by atoms with Gasteiger partial charge in [-0.15, -0.1) is 0 Å². The second-order valence-electron chi connectivity index (χ2n) is 5.28. The molecule has 0 radical (unpaired) electrons. The summed E-state index contributed by atoms with van der Waals surface area (Å²) in [6.45, 7) is 3.70. The molecule has 0 spiro atoms. The normalized spacial score (nSPS) is 14.4. The highest BCUT2D eigenvalue weighted by molar-refractivity contribution is 7.89. The number of fused-ring (bicyclic) bond motifs is 1. The Hall–Kier alpha value is -1.70. The minimum Gasteiger partial charge on any atom is -0.309 e. The number of aromatic nitrogens is 2. The Balaban J connectivity index is 1.76. The zero-order valence-electron chi connectivity index (χ0n) is 12.0. The summed E-state index contributed by atoms with van der Waals surface area (Å²) < 4.78 is 28.7. The average Bonchev–Trinajstić information content (AvgIpc) is 3.02. The van der Waals surface area contributed by atoms with E-state index < -0.39 is 10.0 Å². The first kappa shape index (κ1) is 14.2. The molecule has 2 aromatic rings. The molecule has 0 aliphatic carbocycles. The van der Waals surface area contributed by atoms with Crippen LogP contribution in [0, 0.1) is 6.92 Å². The summed E-state index contributed by atoms with van der Waals surface area (Å²) in [4.78, 5) is 0.229. The van der Waals surface area contributed by atoms with Crippen LogP contribution in [0.3, 0.4) is 0 Å². The lowest BCUT2D eigenvalue weighted by Gasteiger charge is -2.07. The van der Waals surface area contributed by atoms with E-state index in [2.05, 4.69) is 15.1 Å². The Kier molecular flexibility index (Phi) is 3.56. The van der Waals surface area contributed by atoms with Crippen molar-refractivity contribution < 1.29 is 8.42 Å². The lowest BCUT2D eigenvalue weighted by atomic mass is 10.1. The van der Waals surface area contributed by atoms with Crippen LogP contribution in [0.15, 0.2) is 29.3 Å². The minimum absolute atomic E-state index is 0.229. The van der Waals surface area contributed by atoms with E-state index in [9.17, 15) is 8.42 Å². The number of sulfonamides is 1. The average molecular weight is 306 g/mol. The van der Waals surface area contributed by atoms with Crippen molar-refractivity contribution in [2.45, 2.75) is 31.5 Å². The number of nitrogens with zero attached hydrogens (tertiary/aromatic N) is 2. The summed E-state index contributed by atoms with van der Waals surface area (Å²) in [7, 11) is -1.82. The van der Waals surface area contributed by atoms with Gasteiger partial charge in [-0.2, -0.15) is 5.10 Å². The van der Waals surface area contributed by atoms with E-state index in [0.717, 1.165) is 18.7 Å². The van der Waals surface area contributed by atoms with E-state index in [-0.39, 0.29) is 11.4 Å². The lowest BCUT2D eigenvalue weighted by Crippen LogP contribution is -2.23. The first-order chi connectivity index (χ1) is 9.95. The Morgan fingerprint density at radius 3 is 2.81 bits per heavy atom. The number of hydrogen-bond donors (Lipinski definition) is 2. The Morgan fingerprint density at radius 1 is 1.33 bits per heavy atom. The van der Waals surface area contributed by atoms with Gasteiger partial charge in [-0.3, -0.25) is 4.68 Å². The molecule has 0 amide bonds. The second-order valence-corrected chi connectivity index (χ2v) is 7.02. The van der Waals surface area contributed by atoms with Crippen LogP contribution in [-0.4, -0.2) is 18.2 Å². The van der Waals surface area contributed by atoms with Gasteiger partial charge in [-0.1, -0.05) is 18.2 Å². The van der Waals surface area contributed by atoms with Crippen LogP contribution in [0.4, 0.5) is 0 Å². The molecule has 21 heavy (non-hydrogen) atoms. The molecule has 1 aromatic carbocycles. The van der Waals surface area contributed by atoms with Crippen molar-refractivity contribution in [2.24, 2.45) is 7.05 Å². The molecule has 0 atom stereocenters. The molecule has 0 fully saturated rings.